The predicted molar refractivity (Wildman–Crippen MR) is 123 cm³/mol. The van der Waals surface area contributed by atoms with Gasteiger partial charge in [0.15, 0.2) is 0 Å². The van der Waals surface area contributed by atoms with E-state index in [1.165, 1.54) is 28.3 Å². The minimum atomic E-state index is -1.90. The van der Waals surface area contributed by atoms with Crippen LogP contribution in [0.1, 0.15) is 12.5 Å². The van der Waals surface area contributed by atoms with Gasteiger partial charge in [-0.25, -0.2) is 27.9 Å². The molecule has 2 amide bonds. The lowest BCUT2D eigenvalue weighted by Gasteiger charge is -2.39. The molecule has 1 saturated heterocycles. The normalized spacial score (nSPS) is 16.5. The van der Waals surface area contributed by atoms with Crippen molar-refractivity contribution in [1.29, 1.82) is 0 Å². The quantitative estimate of drug-likeness (QED) is 0.440. The van der Waals surface area contributed by atoms with Gasteiger partial charge in [-0.15, -0.1) is 0 Å². The van der Waals surface area contributed by atoms with E-state index >= 15 is 0 Å². The molecule has 0 aliphatic carbocycles. The summed E-state index contributed by atoms with van der Waals surface area (Å²) in [4.78, 5) is 20.4. The van der Waals surface area contributed by atoms with Crippen LogP contribution in [-0.4, -0.2) is 59.7 Å². The average molecular weight is 479 g/mol. The van der Waals surface area contributed by atoms with Crippen molar-refractivity contribution in [3.63, 3.8) is 0 Å². The van der Waals surface area contributed by atoms with Gasteiger partial charge in [-0.3, -0.25) is 4.90 Å². The molecule has 0 bridgehead atoms. The second-order valence-corrected chi connectivity index (χ2v) is 8.41. The second-order valence-electron chi connectivity index (χ2n) is 8.41. The van der Waals surface area contributed by atoms with Crippen molar-refractivity contribution >= 4 is 11.7 Å². The molecule has 1 unspecified atom stereocenters. The number of amides is 2. The second kappa shape index (κ2) is 8.91. The highest BCUT2D eigenvalue weighted by molar-refractivity contribution is 5.94. The van der Waals surface area contributed by atoms with Crippen LogP contribution < -0.4 is 4.90 Å². The number of aromatic nitrogens is 5. The Morgan fingerprint density at radius 1 is 1.09 bits per heavy atom. The van der Waals surface area contributed by atoms with Crippen molar-refractivity contribution in [2.45, 2.75) is 25.1 Å². The number of carbonyl (C=O) groups is 1. The molecule has 9 nitrogen and oxygen atoms in total. The molecule has 11 heteroatoms. The standard InChI is InChI=1S/C24H23F2N7O2/c1-17(24(35,14-30-16-27-15-29-30)21-8-3-18(25)13-22(21)26)31-11-12-32(23(31)34)19-4-6-20(7-5-19)33-10-2-9-28-33/h2-10,13,15-17,35H,11-12,14H2,1H3/t17-,24?/m1/s1. The number of aliphatic hydroxyl groups is 1. The molecule has 35 heavy (non-hydrogen) atoms. The third-order valence-corrected chi connectivity index (χ3v) is 6.40. The van der Waals surface area contributed by atoms with Crippen LogP contribution in [0.15, 0.2) is 73.6 Å². The molecular weight excluding hydrogens is 456 g/mol. The molecule has 1 N–H and O–H groups in total. The van der Waals surface area contributed by atoms with Gasteiger partial charge in [0.05, 0.1) is 18.3 Å². The zero-order valence-electron chi connectivity index (χ0n) is 18.9. The van der Waals surface area contributed by atoms with Crippen molar-refractivity contribution in [1.82, 2.24) is 29.4 Å². The van der Waals surface area contributed by atoms with Crippen LogP contribution >= 0.6 is 0 Å². The lowest BCUT2D eigenvalue weighted by Crippen LogP contribution is -2.53. The van der Waals surface area contributed by atoms with Gasteiger partial charge in [-0.1, -0.05) is 6.07 Å². The number of benzene rings is 2. The molecule has 0 radical (unpaired) electrons. The van der Waals surface area contributed by atoms with Gasteiger partial charge in [0.2, 0.25) is 0 Å². The first-order valence-corrected chi connectivity index (χ1v) is 11.1. The van der Waals surface area contributed by atoms with Crippen LogP contribution in [0.2, 0.25) is 0 Å². The Kier molecular flexibility index (Phi) is 5.77. The Balaban J connectivity index is 1.43. The predicted octanol–water partition coefficient (Wildman–Crippen LogP) is 2.96. The number of anilines is 1. The number of carbonyl (C=O) groups excluding carboxylic acids is 1. The monoisotopic (exact) mass is 479 g/mol. The molecular formula is C24H23F2N7O2. The summed E-state index contributed by atoms with van der Waals surface area (Å²) in [5, 5.41) is 20.0. The van der Waals surface area contributed by atoms with Crippen molar-refractivity contribution in [2.75, 3.05) is 18.0 Å². The van der Waals surface area contributed by atoms with Crippen molar-refractivity contribution < 1.29 is 18.7 Å². The highest BCUT2D eigenvalue weighted by atomic mass is 19.1. The first kappa shape index (κ1) is 22.7. The first-order chi connectivity index (χ1) is 16.9. The van der Waals surface area contributed by atoms with Crippen molar-refractivity contribution in [3.05, 3.63) is 90.8 Å². The van der Waals surface area contributed by atoms with Gasteiger partial charge in [0.1, 0.15) is 29.9 Å². The largest absolute Gasteiger partial charge is 0.381 e. The lowest BCUT2D eigenvalue weighted by molar-refractivity contribution is -0.0475. The summed E-state index contributed by atoms with van der Waals surface area (Å²) >= 11 is 0. The van der Waals surface area contributed by atoms with Crippen molar-refractivity contribution in [2.24, 2.45) is 0 Å². The van der Waals surface area contributed by atoms with E-state index < -0.39 is 23.3 Å². The van der Waals surface area contributed by atoms with E-state index in [9.17, 15) is 18.7 Å². The molecule has 4 aromatic rings. The number of halogens is 2. The lowest BCUT2D eigenvalue weighted by atomic mass is 9.85. The van der Waals surface area contributed by atoms with Crippen LogP contribution in [0, 0.1) is 11.6 Å². The minimum absolute atomic E-state index is 0.128. The molecule has 1 fully saturated rings. The van der Waals surface area contributed by atoms with Crippen LogP contribution in [0.4, 0.5) is 19.3 Å². The summed E-state index contributed by atoms with van der Waals surface area (Å²) in [5.74, 6) is -1.67. The highest BCUT2D eigenvalue weighted by Gasteiger charge is 2.46. The van der Waals surface area contributed by atoms with Gasteiger partial charge < -0.3 is 10.0 Å². The minimum Gasteiger partial charge on any atom is -0.381 e. The smallest absolute Gasteiger partial charge is 0.324 e. The van der Waals surface area contributed by atoms with Crippen molar-refractivity contribution in [3.8, 4) is 5.69 Å². The van der Waals surface area contributed by atoms with E-state index in [0.717, 1.165) is 11.8 Å². The summed E-state index contributed by atoms with van der Waals surface area (Å²) in [7, 11) is 0. The average Bonchev–Trinajstić information content (AvgIpc) is 3.61. The summed E-state index contributed by atoms with van der Waals surface area (Å²) < 4.78 is 31.5. The molecule has 2 aromatic heterocycles. The Morgan fingerprint density at radius 3 is 2.51 bits per heavy atom. The fourth-order valence-corrected chi connectivity index (χ4v) is 4.46. The number of rotatable bonds is 7. The SMILES string of the molecule is C[C@@H](N1CCN(c2ccc(-n3cccn3)cc2)C1=O)C(O)(Cn1cncn1)c1ccc(F)cc1F. The Bertz CT molecular complexity index is 1310. The fourth-order valence-electron chi connectivity index (χ4n) is 4.46. The summed E-state index contributed by atoms with van der Waals surface area (Å²) in [6.45, 7) is 2.15. The maximum Gasteiger partial charge on any atom is 0.324 e. The Labute approximate surface area is 199 Å². The van der Waals surface area contributed by atoms with E-state index in [1.54, 1.807) is 22.7 Å². The van der Waals surface area contributed by atoms with Crippen LogP contribution in [0.5, 0.6) is 0 Å². The summed E-state index contributed by atoms with van der Waals surface area (Å²) in [5.41, 5.74) is -0.490. The van der Waals surface area contributed by atoms with Crippen LogP contribution in [0.25, 0.3) is 5.69 Å². The number of hydrogen-bond acceptors (Lipinski definition) is 5. The first-order valence-electron chi connectivity index (χ1n) is 11.1. The highest BCUT2D eigenvalue weighted by Crippen LogP contribution is 2.35. The third kappa shape index (κ3) is 4.14. The molecule has 2 aromatic carbocycles. The number of hydrogen-bond donors (Lipinski definition) is 1. The molecule has 5 rings (SSSR count). The molecule has 1 aliphatic heterocycles. The van der Waals surface area contributed by atoms with Gasteiger partial charge in [-0.2, -0.15) is 10.2 Å². The van der Waals surface area contributed by atoms with E-state index in [-0.39, 0.29) is 18.1 Å². The van der Waals surface area contributed by atoms with E-state index in [4.69, 9.17) is 0 Å². The molecule has 0 saturated carbocycles. The number of nitrogens with zero attached hydrogens (tertiary/aromatic N) is 7. The summed E-state index contributed by atoms with van der Waals surface area (Å²) in [6, 6.07) is 11.0. The van der Waals surface area contributed by atoms with Crippen LogP contribution in [0.3, 0.4) is 0 Å². The summed E-state index contributed by atoms with van der Waals surface area (Å²) in [6.07, 6.45) is 6.19. The van der Waals surface area contributed by atoms with Gasteiger partial charge in [-0.05, 0) is 43.3 Å². The molecule has 180 valence electrons. The van der Waals surface area contributed by atoms with Gasteiger partial charge in [0.25, 0.3) is 0 Å². The maximum atomic E-state index is 14.8. The van der Waals surface area contributed by atoms with E-state index in [2.05, 4.69) is 15.2 Å². The molecule has 2 atom stereocenters. The zero-order valence-corrected chi connectivity index (χ0v) is 18.9. The van der Waals surface area contributed by atoms with E-state index in [1.807, 2.05) is 36.5 Å². The van der Waals surface area contributed by atoms with Gasteiger partial charge >= 0.3 is 6.03 Å². The molecule has 3 heterocycles. The maximum absolute atomic E-state index is 14.8. The topological polar surface area (TPSA) is 92.3 Å². The van der Waals surface area contributed by atoms with Crippen LogP contribution in [-0.2, 0) is 12.1 Å². The van der Waals surface area contributed by atoms with Gasteiger partial charge in [0, 0.05) is 42.8 Å². The number of urea groups is 1. The molecule has 0 spiro atoms. The molecule has 1 aliphatic rings. The zero-order chi connectivity index (χ0) is 24.6. The third-order valence-electron chi connectivity index (χ3n) is 6.40. The fraction of sp³-hybridized carbons (Fsp3) is 0.250. The Morgan fingerprint density at radius 2 is 1.86 bits per heavy atom. The van der Waals surface area contributed by atoms with E-state index in [0.29, 0.717) is 24.8 Å². The Hall–Kier alpha value is -4.12.